The molecule has 25 heavy (non-hydrogen) atoms. The summed E-state index contributed by atoms with van der Waals surface area (Å²) in [5.41, 5.74) is 6.81. The number of aliphatic hydroxyl groups excluding tert-OH is 1. The van der Waals surface area contributed by atoms with Gasteiger partial charge >= 0.3 is 0 Å². The lowest BCUT2D eigenvalue weighted by atomic mass is 10.0. The number of hydrogen-bond donors (Lipinski definition) is 3. The Bertz CT molecular complexity index is 653. The summed E-state index contributed by atoms with van der Waals surface area (Å²) in [6, 6.07) is 17.2. The first-order chi connectivity index (χ1) is 12.2. The monoisotopic (exact) mass is 341 g/mol. The minimum Gasteiger partial charge on any atom is -0.457 e. The number of aliphatic hydroxyl groups is 1. The van der Waals surface area contributed by atoms with E-state index in [1.807, 2.05) is 54.6 Å². The number of anilines is 1. The molecule has 4 N–H and O–H groups in total. The molecule has 0 radical (unpaired) electrons. The summed E-state index contributed by atoms with van der Waals surface area (Å²) in [6.07, 6.45) is 2.87. The van der Waals surface area contributed by atoms with Gasteiger partial charge in [0.15, 0.2) is 5.96 Å². The molecule has 0 bridgehead atoms. The number of benzene rings is 2. The van der Waals surface area contributed by atoms with E-state index in [1.54, 1.807) is 0 Å². The zero-order valence-electron chi connectivity index (χ0n) is 14.7. The number of para-hydroxylation sites is 1. The Kier molecular flexibility index (Phi) is 7.79. The van der Waals surface area contributed by atoms with Gasteiger partial charge in [0.1, 0.15) is 11.5 Å². The van der Waals surface area contributed by atoms with Crippen LogP contribution in [0.1, 0.15) is 26.2 Å². The van der Waals surface area contributed by atoms with Crippen molar-refractivity contribution in [2.75, 3.05) is 18.5 Å². The van der Waals surface area contributed by atoms with E-state index in [0.29, 0.717) is 18.4 Å². The third-order valence-electron chi connectivity index (χ3n) is 3.84. The normalized spacial score (nSPS) is 12.6. The van der Waals surface area contributed by atoms with Crippen molar-refractivity contribution in [3.63, 3.8) is 0 Å². The molecule has 0 amide bonds. The summed E-state index contributed by atoms with van der Waals surface area (Å²) in [5.74, 6) is 2.25. The summed E-state index contributed by atoms with van der Waals surface area (Å²) >= 11 is 0. The molecule has 0 spiro atoms. The predicted octanol–water partition coefficient (Wildman–Crippen LogP) is 4.00. The second-order valence-corrected chi connectivity index (χ2v) is 5.96. The van der Waals surface area contributed by atoms with E-state index in [1.165, 1.54) is 0 Å². The maximum absolute atomic E-state index is 9.11. The summed E-state index contributed by atoms with van der Waals surface area (Å²) in [5, 5.41) is 12.2. The molecule has 0 saturated heterocycles. The number of nitrogens with zero attached hydrogens (tertiary/aromatic N) is 1. The summed E-state index contributed by atoms with van der Waals surface area (Å²) < 4.78 is 5.81. The van der Waals surface area contributed by atoms with Crippen LogP contribution in [0, 0.1) is 5.92 Å². The zero-order chi connectivity index (χ0) is 17.9. The fourth-order valence-electron chi connectivity index (χ4n) is 2.59. The van der Waals surface area contributed by atoms with Crippen molar-refractivity contribution >= 4 is 11.6 Å². The number of nitrogens with one attached hydrogen (secondary N) is 1. The highest BCUT2D eigenvalue weighted by molar-refractivity contribution is 5.92. The number of rotatable bonds is 9. The Morgan fingerprint density at radius 1 is 1.12 bits per heavy atom. The van der Waals surface area contributed by atoms with E-state index in [-0.39, 0.29) is 6.61 Å². The second-order valence-electron chi connectivity index (χ2n) is 5.96. The Morgan fingerprint density at radius 3 is 2.60 bits per heavy atom. The molecular formula is C20H27N3O2. The highest BCUT2D eigenvalue weighted by atomic mass is 16.5. The lowest BCUT2D eigenvalue weighted by Crippen LogP contribution is -2.24. The minimum absolute atomic E-state index is 0.187. The molecule has 2 aromatic carbocycles. The van der Waals surface area contributed by atoms with E-state index in [4.69, 9.17) is 15.6 Å². The highest BCUT2D eigenvalue weighted by Crippen LogP contribution is 2.23. The Hall–Kier alpha value is -2.53. The van der Waals surface area contributed by atoms with Crippen molar-refractivity contribution in [2.45, 2.75) is 26.2 Å². The van der Waals surface area contributed by atoms with Crippen LogP contribution in [0.5, 0.6) is 11.5 Å². The van der Waals surface area contributed by atoms with Crippen molar-refractivity contribution in [3.05, 3.63) is 54.6 Å². The number of nitrogens with two attached hydrogens (primary N) is 1. The number of guanidine groups is 1. The third-order valence-corrected chi connectivity index (χ3v) is 3.84. The largest absolute Gasteiger partial charge is 0.457 e. The molecule has 0 aliphatic rings. The van der Waals surface area contributed by atoms with Crippen molar-refractivity contribution in [3.8, 4) is 11.5 Å². The molecule has 0 saturated carbocycles. The van der Waals surface area contributed by atoms with E-state index in [2.05, 4.69) is 17.2 Å². The van der Waals surface area contributed by atoms with Gasteiger partial charge in [0, 0.05) is 24.9 Å². The van der Waals surface area contributed by atoms with Gasteiger partial charge in [-0.05, 0) is 43.0 Å². The van der Waals surface area contributed by atoms with Gasteiger partial charge in [-0.25, -0.2) is 0 Å². The second kappa shape index (κ2) is 10.4. The molecule has 134 valence electrons. The molecule has 1 atom stereocenters. The van der Waals surface area contributed by atoms with E-state index < -0.39 is 0 Å². The topological polar surface area (TPSA) is 79.9 Å². The molecule has 5 heteroatoms. The summed E-state index contributed by atoms with van der Waals surface area (Å²) in [6.45, 7) is 2.94. The molecule has 2 rings (SSSR count). The fraction of sp³-hybridized carbons (Fsp3) is 0.350. The average Bonchev–Trinajstić information content (AvgIpc) is 2.61. The van der Waals surface area contributed by atoms with Crippen molar-refractivity contribution in [2.24, 2.45) is 16.6 Å². The first kappa shape index (κ1) is 18.8. The molecular weight excluding hydrogens is 314 g/mol. The number of aliphatic imine (C=N–C) groups is 1. The van der Waals surface area contributed by atoms with Crippen LogP contribution in [0.15, 0.2) is 59.6 Å². The molecule has 2 aromatic rings. The Labute approximate surface area is 149 Å². The van der Waals surface area contributed by atoms with Crippen LogP contribution in [0.2, 0.25) is 0 Å². The Morgan fingerprint density at radius 2 is 1.88 bits per heavy atom. The van der Waals surface area contributed by atoms with Crippen LogP contribution in [0.3, 0.4) is 0 Å². The van der Waals surface area contributed by atoms with Gasteiger partial charge in [-0.3, -0.25) is 4.99 Å². The average molecular weight is 341 g/mol. The van der Waals surface area contributed by atoms with Gasteiger partial charge in [-0.1, -0.05) is 37.6 Å². The lowest BCUT2D eigenvalue weighted by Gasteiger charge is -2.13. The lowest BCUT2D eigenvalue weighted by molar-refractivity contribution is 0.253. The van der Waals surface area contributed by atoms with Crippen molar-refractivity contribution < 1.29 is 9.84 Å². The fourth-order valence-corrected chi connectivity index (χ4v) is 2.59. The van der Waals surface area contributed by atoms with E-state index in [9.17, 15) is 0 Å². The maximum Gasteiger partial charge on any atom is 0.193 e. The number of hydrogen-bond acceptors (Lipinski definition) is 3. The van der Waals surface area contributed by atoms with Crippen molar-refractivity contribution in [1.29, 1.82) is 0 Å². The van der Waals surface area contributed by atoms with Gasteiger partial charge < -0.3 is 20.9 Å². The van der Waals surface area contributed by atoms with E-state index >= 15 is 0 Å². The van der Waals surface area contributed by atoms with E-state index in [0.717, 1.165) is 36.4 Å². The van der Waals surface area contributed by atoms with Crippen LogP contribution in [-0.4, -0.2) is 24.2 Å². The summed E-state index contributed by atoms with van der Waals surface area (Å²) in [7, 11) is 0. The summed E-state index contributed by atoms with van der Waals surface area (Å²) in [4.78, 5) is 4.40. The van der Waals surface area contributed by atoms with Gasteiger partial charge in [-0.15, -0.1) is 0 Å². The minimum atomic E-state index is 0.187. The zero-order valence-corrected chi connectivity index (χ0v) is 14.7. The standard InChI is InChI=1S/C20H27N3O2/c1-2-7-16(12-13-24)15-22-20(21)23-17-8-6-11-19(14-17)25-18-9-4-3-5-10-18/h3-6,8-11,14,16,24H,2,7,12-13,15H2,1H3,(H3,21,22,23). The van der Waals surface area contributed by atoms with Crippen LogP contribution < -0.4 is 15.8 Å². The molecule has 0 fully saturated rings. The molecule has 0 aliphatic carbocycles. The smallest absolute Gasteiger partial charge is 0.193 e. The van der Waals surface area contributed by atoms with Crippen LogP contribution in [-0.2, 0) is 0 Å². The molecule has 0 heterocycles. The molecule has 0 aromatic heterocycles. The van der Waals surface area contributed by atoms with Gasteiger partial charge in [0.25, 0.3) is 0 Å². The van der Waals surface area contributed by atoms with Crippen LogP contribution in [0.4, 0.5) is 5.69 Å². The van der Waals surface area contributed by atoms with Crippen LogP contribution >= 0.6 is 0 Å². The maximum atomic E-state index is 9.11. The first-order valence-corrected chi connectivity index (χ1v) is 8.72. The van der Waals surface area contributed by atoms with Gasteiger partial charge in [-0.2, -0.15) is 0 Å². The third kappa shape index (κ3) is 6.85. The van der Waals surface area contributed by atoms with Crippen LogP contribution in [0.25, 0.3) is 0 Å². The number of ether oxygens (including phenoxy) is 1. The van der Waals surface area contributed by atoms with Gasteiger partial charge in [0.2, 0.25) is 0 Å². The molecule has 5 nitrogen and oxygen atoms in total. The quantitative estimate of drug-likeness (QED) is 0.476. The molecule has 0 aliphatic heterocycles. The van der Waals surface area contributed by atoms with Crippen molar-refractivity contribution in [1.82, 2.24) is 0 Å². The first-order valence-electron chi connectivity index (χ1n) is 8.72. The van der Waals surface area contributed by atoms with Gasteiger partial charge in [0.05, 0.1) is 0 Å². The molecule has 1 unspecified atom stereocenters. The highest BCUT2D eigenvalue weighted by Gasteiger charge is 2.07. The SMILES string of the molecule is CCCC(CCO)CN=C(N)Nc1cccc(Oc2ccccc2)c1. The Balaban J connectivity index is 1.95. The predicted molar refractivity (Wildman–Crippen MR) is 103 cm³/mol.